The average molecular weight is 305 g/mol. The minimum Gasteiger partial charge on any atom is -0.435 e. The largest absolute Gasteiger partial charge is 0.435 e. The van der Waals surface area contributed by atoms with Crippen molar-refractivity contribution in [3.05, 3.63) is 59.7 Å². The van der Waals surface area contributed by atoms with E-state index in [0.717, 1.165) is 0 Å². The number of nitrogens with one attached hydrogen (secondary N) is 1. The van der Waals surface area contributed by atoms with Gasteiger partial charge in [0, 0.05) is 11.3 Å². The predicted octanol–water partition coefficient (Wildman–Crippen LogP) is 4.66. The average Bonchev–Trinajstić information content (AvgIpc) is 2.47. The number of hydrogen-bond donors (Lipinski definition) is 1. The van der Waals surface area contributed by atoms with Crippen molar-refractivity contribution in [3.8, 4) is 5.75 Å². The third-order valence-electron chi connectivity index (χ3n) is 3.16. The number of amides is 1. The summed E-state index contributed by atoms with van der Waals surface area (Å²) in [5.74, 6) is -0.0113. The van der Waals surface area contributed by atoms with Gasteiger partial charge in [-0.25, -0.2) is 0 Å². The molecule has 3 nitrogen and oxygen atoms in total. The molecule has 0 saturated heterocycles. The number of anilines is 1. The van der Waals surface area contributed by atoms with Crippen molar-refractivity contribution in [2.75, 3.05) is 5.32 Å². The highest BCUT2D eigenvalue weighted by Gasteiger charge is 2.10. The molecular weight excluding hydrogens is 288 g/mol. The number of rotatable bonds is 5. The molecular formula is C17H17F2NO2. The maximum atomic E-state index is 12.2. The standard InChI is InChI=1S/C17H17F2NO2/c1-11(2)12-6-8-14(9-7-12)20-16(21)13-4-3-5-15(10-13)22-17(18)19/h3-11,17H,1-2H3,(H,20,21). The minimum atomic E-state index is -2.91. The number of carbonyl (C=O) groups excluding carboxylic acids is 1. The number of halogens is 2. The molecule has 0 radical (unpaired) electrons. The molecule has 0 atom stereocenters. The molecule has 0 aliphatic carbocycles. The summed E-state index contributed by atoms with van der Waals surface area (Å²) in [5.41, 5.74) is 2.07. The molecule has 0 aliphatic rings. The van der Waals surface area contributed by atoms with Crippen LogP contribution in [-0.2, 0) is 0 Å². The van der Waals surface area contributed by atoms with E-state index in [4.69, 9.17) is 0 Å². The summed E-state index contributed by atoms with van der Waals surface area (Å²) >= 11 is 0. The van der Waals surface area contributed by atoms with Crippen LogP contribution in [0.3, 0.4) is 0 Å². The molecule has 0 spiro atoms. The molecule has 2 rings (SSSR count). The first kappa shape index (κ1) is 15.9. The Morgan fingerprint density at radius 1 is 1.09 bits per heavy atom. The fraction of sp³-hybridized carbons (Fsp3) is 0.235. The summed E-state index contributed by atoms with van der Waals surface area (Å²) in [6.45, 7) is 1.26. The molecule has 116 valence electrons. The van der Waals surface area contributed by atoms with E-state index in [1.165, 1.54) is 29.8 Å². The topological polar surface area (TPSA) is 38.3 Å². The van der Waals surface area contributed by atoms with Gasteiger partial charge in [0.2, 0.25) is 0 Å². The maximum absolute atomic E-state index is 12.2. The smallest absolute Gasteiger partial charge is 0.387 e. The van der Waals surface area contributed by atoms with Crippen molar-refractivity contribution < 1.29 is 18.3 Å². The number of ether oxygens (including phenoxy) is 1. The number of hydrogen-bond acceptors (Lipinski definition) is 2. The normalized spacial score (nSPS) is 10.8. The number of carbonyl (C=O) groups is 1. The van der Waals surface area contributed by atoms with Crippen molar-refractivity contribution in [1.29, 1.82) is 0 Å². The van der Waals surface area contributed by atoms with Crippen LogP contribution < -0.4 is 10.1 Å². The third kappa shape index (κ3) is 4.28. The van der Waals surface area contributed by atoms with E-state index in [1.807, 2.05) is 24.3 Å². The second-order valence-corrected chi connectivity index (χ2v) is 5.14. The lowest BCUT2D eigenvalue weighted by Gasteiger charge is -2.09. The van der Waals surface area contributed by atoms with E-state index >= 15 is 0 Å². The molecule has 0 aromatic heterocycles. The first-order valence-electron chi connectivity index (χ1n) is 6.92. The molecule has 0 unspecified atom stereocenters. The van der Waals surface area contributed by atoms with Crippen LogP contribution in [0.15, 0.2) is 48.5 Å². The van der Waals surface area contributed by atoms with Gasteiger partial charge in [-0.15, -0.1) is 0 Å². The lowest BCUT2D eigenvalue weighted by Crippen LogP contribution is -2.12. The van der Waals surface area contributed by atoms with E-state index in [9.17, 15) is 13.6 Å². The fourth-order valence-electron chi connectivity index (χ4n) is 1.97. The summed E-state index contributed by atoms with van der Waals surface area (Å²) < 4.78 is 28.6. The monoisotopic (exact) mass is 305 g/mol. The van der Waals surface area contributed by atoms with E-state index in [2.05, 4.69) is 23.9 Å². The lowest BCUT2D eigenvalue weighted by atomic mass is 10.0. The highest BCUT2D eigenvalue weighted by molar-refractivity contribution is 6.04. The number of benzene rings is 2. The molecule has 0 heterocycles. The van der Waals surface area contributed by atoms with Gasteiger partial charge >= 0.3 is 6.61 Å². The van der Waals surface area contributed by atoms with E-state index < -0.39 is 6.61 Å². The molecule has 0 saturated carbocycles. The van der Waals surface area contributed by atoms with E-state index in [1.54, 1.807) is 0 Å². The molecule has 1 amide bonds. The van der Waals surface area contributed by atoms with Crippen LogP contribution in [0, 0.1) is 0 Å². The summed E-state index contributed by atoms with van der Waals surface area (Å²) in [7, 11) is 0. The second-order valence-electron chi connectivity index (χ2n) is 5.14. The highest BCUT2D eigenvalue weighted by Crippen LogP contribution is 2.19. The van der Waals surface area contributed by atoms with Crippen LogP contribution in [0.5, 0.6) is 5.75 Å². The summed E-state index contributed by atoms with van der Waals surface area (Å²) in [6.07, 6.45) is 0. The van der Waals surface area contributed by atoms with Crippen molar-refractivity contribution in [2.45, 2.75) is 26.4 Å². The predicted molar refractivity (Wildman–Crippen MR) is 81.6 cm³/mol. The third-order valence-corrected chi connectivity index (χ3v) is 3.16. The Bertz CT molecular complexity index is 639. The van der Waals surface area contributed by atoms with E-state index in [-0.39, 0.29) is 17.2 Å². The quantitative estimate of drug-likeness (QED) is 0.872. The van der Waals surface area contributed by atoms with Gasteiger partial charge < -0.3 is 10.1 Å². The lowest BCUT2D eigenvalue weighted by molar-refractivity contribution is -0.0498. The Morgan fingerprint density at radius 3 is 2.36 bits per heavy atom. The van der Waals surface area contributed by atoms with Crippen LogP contribution in [-0.4, -0.2) is 12.5 Å². The van der Waals surface area contributed by atoms with Crippen LogP contribution in [0.4, 0.5) is 14.5 Å². The Morgan fingerprint density at radius 2 is 1.77 bits per heavy atom. The SMILES string of the molecule is CC(C)c1ccc(NC(=O)c2cccc(OC(F)F)c2)cc1. The molecule has 5 heteroatoms. The Labute approximate surface area is 127 Å². The van der Waals surface area contributed by atoms with Gasteiger partial charge in [0.15, 0.2) is 0 Å². The Kier molecular flexibility index (Phi) is 5.09. The van der Waals surface area contributed by atoms with Gasteiger partial charge in [-0.1, -0.05) is 32.0 Å². The first-order valence-corrected chi connectivity index (χ1v) is 6.92. The summed E-state index contributed by atoms with van der Waals surface area (Å²) in [5, 5.41) is 2.72. The molecule has 0 aliphatic heterocycles. The van der Waals surface area contributed by atoms with E-state index in [0.29, 0.717) is 11.6 Å². The Balaban J connectivity index is 2.08. The molecule has 22 heavy (non-hydrogen) atoms. The van der Waals surface area contributed by atoms with Crippen LogP contribution in [0.25, 0.3) is 0 Å². The van der Waals surface area contributed by atoms with Crippen LogP contribution in [0.2, 0.25) is 0 Å². The van der Waals surface area contributed by atoms with Crippen LogP contribution >= 0.6 is 0 Å². The molecule has 2 aromatic rings. The zero-order valence-electron chi connectivity index (χ0n) is 12.3. The number of alkyl halides is 2. The fourth-order valence-corrected chi connectivity index (χ4v) is 1.97. The zero-order chi connectivity index (χ0) is 16.1. The van der Waals surface area contributed by atoms with Crippen molar-refractivity contribution in [1.82, 2.24) is 0 Å². The van der Waals surface area contributed by atoms with Gasteiger partial charge in [-0.3, -0.25) is 4.79 Å². The van der Waals surface area contributed by atoms with Gasteiger partial charge in [0.25, 0.3) is 5.91 Å². The molecule has 0 fully saturated rings. The summed E-state index contributed by atoms with van der Waals surface area (Å²) in [4.78, 5) is 12.1. The van der Waals surface area contributed by atoms with Crippen molar-refractivity contribution in [3.63, 3.8) is 0 Å². The summed E-state index contributed by atoms with van der Waals surface area (Å²) in [6, 6.07) is 13.2. The molecule has 2 aromatic carbocycles. The second kappa shape index (κ2) is 7.02. The molecule has 0 bridgehead atoms. The first-order chi connectivity index (χ1) is 10.5. The highest BCUT2D eigenvalue weighted by atomic mass is 19.3. The van der Waals surface area contributed by atoms with Gasteiger partial charge in [-0.2, -0.15) is 8.78 Å². The van der Waals surface area contributed by atoms with Crippen molar-refractivity contribution in [2.24, 2.45) is 0 Å². The molecule has 1 N–H and O–H groups in total. The van der Waals surface area contributed by atoms with Gasteiger partial charge in [0.1, 0.15) is 5.75 Å². The van der Waals surface area contributed by atoms with Gasteiger partial charge in [0.05, 0.1) is 0 Å². The van der Waals surface area contributed by atoms with Crippen molar-refractivity contribution >= 4 is 11.6 Å². The maximum Gasteiger partial charge on any atom is 0.387 e. The zero-order valence-corrected chi connectivity index (χ0v) is 12.3. The Hall–Kier alpha value is -2.43. The minimum absolute atomic E-state index is 0.0437. The van der Waals surface area contributed by atoms with Gasteiger partial charge in [-0.05, 0) is 41.8 Å². The van der Waals surface area contributed by atoms with Crippen LogP contribution in [0.1, 0.15) is 35.7 Å².